The zero-order chi connectivity index (χ0) is 24.8. The lowest BCUT2D eigenvalue weighted by Gasteiger charge is -2.38. The summed E-state index contributed by atoms with van der Waals surface area (Å²) >= 11 is 12.1. The number of nitrogens with one attached hydrogen (secondary N) is 2. The topological polar surface area (TPSA) is 65.6 Å². The number of nitrogens with zero attached hydrogens (tertiary/aromatic N) is 4. The molecule has 3 aliphatic heterocycles. The van der Waals surface area contributed by atoms with E-state index in [1.54, 1.807) is 0 Å². The minimum Gasteiger partial charge on any atom is -0.381 e. The zero-order valence-corrected chi connectivity index (χ0v) is 22.5. The van der Waals surface area contributed by atoms with Gasteiger partial charge in [-0.2, -0.15) is 9.97 Å². The van der Waals surface area contributed by atoms with Crippen LogP contribution in [0.15, 0.2) is 30.3 Å². The Morgan fingerprint density at radius 1 is 0.917 bits per heavy atom. The van der Waals surface area contributed by atoms with Gasteiger partial charge in [-0.3, -0.25) is 0 Å². The number of aromatic nitrogens is 2. The third kappa shape index (κ3) is 6.21. The fourth-order valence-corrected chi connectivity index (χ4v) is 5.94. The van der Waals surface area contributed by atoms with Crippen molar-refractivity contribution >= 4 is 46.5 Å². The summed E-state index contributed by atoms with van der Waals surface area (Å²) in [5.41, 5.74) is 1.15. The van der Waals surface area contributed by atoms with Crippen LogP contribution in [0.25, 0.3) is 0 Å². The van der Waals surface area contributed by atoms with Gasteiger partial charge in [0.05, 0.1) is 0 Å². The van der Waals surface area contributed by atoms with E-state index >= 15 is 0 Å². The standard InChI is InChI=1S/C27H37ClN6OS/c28-22-9-7-8-21(18-22)27(10-16-35-17-11-27)20-29-26(36)32-25-30-23(33-12-3-1-2-4-13-33)19-24(31-25)34-14-5-6-15-34/h7-9,18-19H,1-6,10-17,20H2,(H2,29,30,31,32,36). The van der Waals surface area contributed by atoms with Gasteiger partial charge in [0.25, 0.3) is 0 Å². The first-order valence-electron chi connectivity index (χ1n) is 13.4. The Morgan fingerprint density at radius 3 is 2.14 bits per heavy atom. The molecule has 7 nitrogen and oxygen atoms in total. The predicted octanol–water partition coefficient (Wildman–Crippen LogP) is 5.15. The van der Waals surface area contributed by atoms with Crippen molar-refractivity contribution in [1.29, 1.82) is 0 Å². The number of halogens is 1. The summed E-state index contributed by atoms with van der Waals surface area (Å²) in [5, 5.41) is 8.08. The van der Waals surface area contributed by atoms with E-state index < -0.39 is 0 Å². The van der Waals surface area contributed by atoms with Gasteiger partial charge in [-0.25, -0.2) is 0 Å². The summed E-state index contributed by atoms with van der Waals surface area (Å²) in [7, 11) is 0. The fraction of sp³-hybridized carbons (Fsp3) is 0.593. The largest absolute Gasteiger partial charge is 0.381 e. The number of thiocarbonyl (C=S) groups is 1. The van der Waals surface area contributed by atoms with Crippen LogP contribution < -0.4 is 20.4 Å². The van der Waals surface area contributed by atoms with Crippen LogP contribution in [-0.2, 0) is 10.2 Å². The molecule has 0 aliphatic carbocycles. The smallest absolute Gasteiger partial charge is 0.232 e. The van der Waals surface area contributed by atoms with Crippen molar-refractivity contribution in [3.8, 4) is 0 Å². The van der Waals surface area contributed by atoms with Crippen LogP contribution in [-0.4, -0.2) is 61.0 Å². The summed E-state index contributed by atoms with van der Waals surface area (Å²) in [6, 6.07) is 10.3. The molecule has 2 aromatic rings. The Bertz CT molecular complexity index is 1030. The van der Waals surface area contributed by atoms with Crippen LogP contribution in [0.2, 0.25) is 5.02 Å². The van der Waals surface area contributed by atoms with E-state index in [0.717, 1.165) is 68.9 Å². The first kappa shape index (κ1) is 25.5. The third-order valence-electron chi connectivity index (χ3n) is 7.76. The monoisotopic (exact) mass is 528 g/mol. The lowest BCUT2D eigenvalue weighted by Crippen LogP contribution is -2.45. The molecule has 2 N–H and O–H groups in total. The van der Waals surface area contributed by atoms with Gasteiger partial charge in [0.15, 0.2) is 5.11 Å². The Hall–Kier alpha value is -2.16. The number of anilines is 3. The molecule has 5 rings (SSSR count). The lowest BCUT2D eigenvalue weighted by molar-refractivity contribution is 0.0515. The molecule has 3 fully saturated rings. The second-order valence-corrected chi connectivity index (χ2v) is 11.1. The Morgan fingerprint density at radius 2 is 1.53 bits per heavy atom. The van der Waals surface area contributed by atoms with E-state index in [9.17, 15) is 0 Å². The zero-order valence-electron chi connectivity index (χ0n) is 21.0. The fourth-order valence-electron chi connectivity index (χ4n) is 5.59. The molecule has 1 aromatic carbocycles. The van der Waals surface area contributed by atoms with Gasteiger partial charge in [-0.1, -0.05) is 36.6 Å². The van der Waals surface area contributed by atoms with Gasteiger partial charge in [0, 0.05) is 62.4 Å². The van der Waals surface area contributed by atoms with E-state index in [2.05, 4.69) is 38.6 Å². The van der Waals surface area contributed by atoms with Gasteiger partial charge >= 0.3 is 0 Å². The number of benzene rings is 1. The minimum absolute atomic E-state index is 0.0790. The average molecular weight is 529 g/mol. The third-order valence-corrected chi connectivity index (χ3v) is 8.24. The van der Waals surface area contributed by atoms with Crippen molar-refractivity contribution in [2.24, 2.45) is 0 Å². The molecule has 0 amide bonds. The van der Waals surface area contributed by atoms with Gasteiger partial charge in [-0.15, -0.1) is 0 Å². The van der Waals surface area contributed by atoms with E-state index in [0.29, 0.717) is 17.6 Å². The highest BCUT2D eigenvalue weighted by atomic mass is 35.5. The second-order valence-electron chi connectivity index (χ2n) is 10.2. The van der Waals surface area contributed by atoms with Crippen LogP contribution >= 0.6 is 23.8 Å². The van der Waals surface area contributed by atoms with Gasteiger partial charge in [0.2, 0.25) is 5.95 Å². The molecule has 0 atom stereocenters. The molecule has 36 heavy (non-hydrogen) atoms. The number of hydrogen-bond acceptors (Lipinski definition) is 6. The molecule has 0 bridgehead atoms. The van der Waals surface area contributed by atoms with E-state index in [1.807, 2.05) is 12.1 Å². The molecule has 1 aromatic heterocycles. The highest BCUT2D eigenvalue weighted by Crippen LogP contribution is 2.35. The summed E-state index contributed by atoms with van der Waals surface area (Å²) in [4.78, 5) is 14.5. The summed E-state index contributed by atoms with van der Waals surface area (Å²) in [6.07, 6.45) is 9.26. The molecule has 0 saturated carbocycles. The highest BCUT2D eigenvalue weighted by Gasteiger charge is 2.35. The molecule has 194 valence electrons. The van der Waals surface area contributed by atoms with Crippen molar-refractivity contribution in [1.82, 2.24) is 15.3 Å². The molecule has 3 saturated heterocycles. The Balaban J connectivity index is 1.32. The molecule has 0 spiro atoms. The maximum atomic E-state index is 6.34. The van der Waals surface area contributed by atoms with E-state index in [1.165, 1.54) is 44.1 Å². The van der Waals surface area contributed by atoms with Crippen molar-refractivity contribution in [3.05, 3.63) is 40.9 Å². The lowest BCUT2D eigenvalue weighted by atomic mass is 9.74. The van der Waals surface area contributed by atoms with Crippen molar-refractivity contribution in [2.45, 2.75) is 56.8 Å². The molecular formula is C27H37ClN6OS. The maximum absolute atomic E-state index is 6.34. The number of rotatable bonds is 6. The molecule has 0 radical (unpaired) electrons. The van der Waals surface area contributed by atoms with E-state index in [4.69, 9.17) is 38.5 Å². The average Bonchev–Trinajstić information content (AvgIpc) is 3.30. The quantitative estimate of drug-likeness (QED) is 0.499. The van der Waals surface area contributed by atoms with Gasteiger partial charge < -0.3 is 25.2 Å². The second kappa shape index (κ2) is 11.9. The first-order valence-corrected chi connectivity index (χ1v) is 14.2. The van der Waals surface area contributed by atoms with Crippen LogP contribution in [0.3, 0.4) is 0 Å². The summed E-state index contributed by atoms with van der Waals surface area (Å²) in [5.74, 6) is 2.56. The number of hydrogen-bond donors (Lipinski definition) is 2. The number of ether oxygens (including phenoxy) is 1. The molecular weight excluding hydrogens is 492 g/mol. The first-order chi connectivity index (χ1) is 17.6. The highest BCUT2D eigenvalue weighted by molar-refractivity contribution is 7.80. The Labute approximate surface area is 225 Å². The van der Waals surface area contributed by atoms with Crippen LogP contribution in [0.4, 0.5) is 17.6 Å². The molecule has 0 unspecified atom stereocenters. The van der Waals surface area contributed by atoms with Gasteiger partial charge in [0.1, 0.15) is 11.6 Å². The van der Waals surface area contributed by atoms with Crippen LogP contribution in [0, 0.1) is 0 Å². The minimum atomic E-state index is -0.0790. The SMILES string of the molecule is S=C(NCC1(c2cccc(Cl)c2)CCOCC1)Nc1nc(N2CCCCCC2)cc(N2CCCC2)n1. The van der Waals surface area contributed by atoms with Crippen molar-refractivity contribution < 1.29 is 4.74 Å². The van der Waals surface area contributed by atoms with Crippen LogP contribution in [0.5, 0.6) is 0 Å². The molecule has 4 heterocycles. The van der Waals surface area contributed by atoms with Crippen molar-refractivity contribution in [2.75, 3.05) is 61.1 Å². The maximum Gasteiger partial charge on any atom is 0.232 e. The molecule has 3 aliphatic rings. The van der Waals surface area contributed by atoms with Crippen molar-refractivity contribution in [3.63, 3.8) is 0 Å². The predicted molar refractivity (Wildman–Crippen MR) is 152 cm³/mol. The summed E-state index contributed by atoms with van der Waals surface area (Å²) < 4.78 is 5.68. The Kier molecular flexibility index (Phi) is 8.44. The molecule has 9 heteroatoms. The van der Waals surface area contributed by atoms with E-state index in [-0.39, 0.29) is 5.41 Å². The summed E-state index contributed by atoms with van der Waals surface area (Å²) in [6.45, 7) is 6.34. The van der Waals surface area contributed by atoms with Gasteiger partial charge in [-0.05, 0) is 68.4 Å². The van der Waals surface area contributed by atoms with Crippen LogP contribution in [0.1, 0.15) is 56.9 Å². The normalized spacial score (nSPS) is 20.1.